The van der Waals surface area contributed by atoms with Crippen LogP contribution in [0.5, 0.6) is 0 Å². The quantitative estimate of drug-likeness (QED) is 0.593. The molecule has 0 atom stereocenters. The highest BCUT2D eigenvalue weighted by atomic mass is 35.5. The predicted octanol–water partition coefficient (Wildman–Crippen LogP) is 3.37. The van der Waals surface area contributed by atoms with Crippen molar-refractivity contribution in [1.82, 2.24) is 5.32 Å². The fourth-order valence-corrected chi connectivity index (χ4v) is 1.60. The summed E-state index contributed by atoms with van der Waals surface area (Å²) in [5.41, 5.74) is 0.917. The minimum atomic E-state index is -0.303. The Labute approximate surface area is 101 Å². The lowest BCUT2D eigenvalue weighted by molar-refractivity contribution is 0.618. The fraction of sp³-hybridized carbons (Fsp3) is 0.385. The van der Waals surface area contributed by atoms with Crippen LogP contribution in [-0.4, -0.2) is 6.54 Å². The van der Waals surface area contributed by atoms with Crippen molar-refractivity contribution in [2.75, 3.05) is 6.54 Å². The maximum absolute atomic E-state index is 12.8. The maximum atomic E-state index is 12.8. The van der Waals surface area contributed by atoms with Gasteiger partial charge in [-0.1, -0.05) is 17.7 Å². The Balaban J connectivity index is 2.25. The maximum Gasteiger partial charge on any atom is 0.124 e. The van der Waals surface area contributed by atoms with Crippen LogP contribution in [0.25, 0.3) is 0 Å². The molecule has 0 aliphatic carbocycles. The van der Waals surface area contributed by atoms with Crippen molar-refractivity contribution < 1.29 is 4.39 Å². The topological polar surface area (TPSA) is 12.0 Å². The molecule has 0 aliphatic heterocycles. The zero-order valence-corrected chi connectivity index (χ0v) is 9.86. The van der Waals surface area contributed by atoms with Crippen LogP contribution in [-0.2, 0) is 6.54 Å². The summed E-state index contributed by atoms with van der Waals surface area (Å²) in [7, 11) is 0. The second-order valence-corrected chi connectivity index (χ2v) is 3.98. The second-order valence-electron chi connectivity index (χ2n) is 3.57. The van der Waals surface area contributed by atoms with Gasteiger partial charge in [0.15, 0.2) is 0 Å². The Kier molecular flexibility index (Phi) is 5.92. The van der Waals surface area contributed by atoms with E-state index in [-0.39, 0.29) is 5.82 Å². The van der Waals surface area contributed by atoms with E-state index in [4.69, 9.17) is 18.0 Å². The third-order valence-corrected chi connectivity index (χ3v) is 2.61. The van der Waals surface area contributed by atoms with Crippen LogP contribution in [0.15, 0.2) is 18.2 Å². The Morgan fingerprint density at radius 1 is 1.38 bits per heavy atom. The van der Waals surface area contributed by atoms with Gasteiger partial charge in [0.25, 0.3) is 0 Å². The number of unbranched alkanes of at least 4 members (excludes halogenated alkanes) is 2. The van der Waals surface area contributed by atoms with Gasteiger partial charge in [0.05, 0.1) is 0 Å². The third kappa shape index (κ3) is 4.65. The first-order chi connectivity index (χ1) is 7.74. The normalized spacial score (nSPS) is 10.1. The first-order valence-corrected chi connectivity index (χ1v) is 5.70. The van der Waals surface area contributed by atoms with E-state index in [1.54, 1.807) is 6.07 Å². The molecule has 1 aromatic carbocycles. The molecule has 0 bridgehead atoms. The van der Waals surface area contributed by atoms with Gasteiger partial charge >= 0.3 is 0 Å². The average Bonchev–Trinajstić information content (AvgIpc) is 2.26. The van der Waals surface area contributed by atoms with Crippen LogP contribution in [0.3, 0.4) is 0 Å². The number of terminal acetylenes is 1. The highest BCUT2D eigenvalue weighted by Crippen LogP contribution is 2.16. The Hall–Kier alpha value is -1.04. The standard InChI is InChI=1S/C13H15ClFN/c1-2-3-4-5-8-16-10-11-6-7-12(15)9-13(11)14/h1,6-7,9,16H,3-5,8,10H2. The van der Waals surface area contributed by atoms with Crippen molar-refractivity contribution in [1.29, 1.82) is 0 Å². The van der Waals surface area contributed by atoms with Crippen molar-refractivity contribution in [3.63, 3.8) is 0 Å². The number of nitrogens with one attached hydrogen (secondary N) is 1. The van der Waals surface area contributed by atoms with Gasteiger partial charge in [-0.25, -0.2) is 4.39 Å². The van der Waals surface area contributed by atoms with Gasteiger partial charge in [0, 0.05) is 18.0 Å². The van der Waals surface area contributed by atoms with E-state index in [9.17, 15) is 4.39 Å². The number of benzene rings is 1. The molecule has 1 aromatic rings. The van der Waals surface area contributed by atoms with Gasteiger partial charge in [-0.2, -0.15) is 0 Å². The lowest BCUT2D eigenvalue weighted by Gasteiger charge is -2.06. The molecule has 0 spiro atoms. The molecule has 0 radical (unpaired) electrons. The van der Waals surface area contributed by atoms with E-state index in [0.29, 0.717) is 11.6 Å². The Morgan fingerprint density at radius 3 is 2.88 bits per heavy atom. The summed E-state index contributed by atoms with van der Waals surface area (Å²) in [4.78, 5) is 0. The molecule has 0 saturated carbocycles. The minimum absolute atomic E-state index is 0.303. The van der Waals surface area contributed by atoms with Gasteiger partial charge in [0.2, 0.25) is 0 Å². The van der Waals surface area contributed by atoms with E-state index in [2.05, 4.69) is 11.2 Å². The van der Waals surface area contributed by atoms with Crippen LogP contribution in [0.2, 0.25) is 5.02 Å². The lowest BCUT2D eigenvalue weighted by Crippen LogP contribution is -2.14. The number of hydrogen-bond acceptors (Lipinski definition) is 1. The number of hydrogen-bond donors (Lipinski definition) is 1. The van der Waals surface area contributed by atoms with Crippen LogP contribution >= 0.6 is 11.6 Å². The molecule has 86 valence electrons. The van der Waals surface area contributed by atoms with Gasteiger partial charge in [-0.3, -0.25) is 0 Å². The fourth-order valence-electron chi connectivity index (χ4n) is 1.37. The molecule has 1 rings (SSSR count). The molecule has 0 amide bonds. The molecular weight excluding hydrogens is 225 g/mol. The zero-order chi connectivity index (χ0) is 11.8. The monoisotopic (exact) mass is 239 g/mol. The largest absolute Gasteiger partial charge is 0.313 e. The smallest absolute Gasteiger partial charge is 0.124 e. The van der Waals surface area contributed by atoms with Crippen LogP contribution < -0.4 is 5.32 Å². The molecule has 0 unspecified atom stereocenters. The lowest BCUT2D eigenvalue weighted by atomic mass is 10.2. The number of rotatable bonds is 6. The van der Waals surface area contributed by atoms with E-state index in [1.165, 1.54) is 12.1 Å². The summed E-state index contributed by atoms with van der Waals surface area (Å²) in [5, 5.41) is 3.71. The summed E-state index contributed by atoms with van der Waals surface area (Å²) in [6.45, 7) is 1.56. The third-order valence-electron chi connectivity index (χ3n) is 2.26. The van der Waals surface area contributed by atoms with E-state index < -0.39 is 0 Å². The summed E-state index contributed by atoms with van der Waals surface area (Å²) < 4.78 is 12.8. The summed E-state index contributed by atoms with van der Waals surface area (Å²) in [6.07, 6.45) is 8.04. The van der Waals surface area contributed by atoms with Gasteiger partial charge in [-0.15, -0.1) is 12.3 Å². The number of halogens is 2. The van der Waals surface area contributed by atoms with E-state index >= 15 is 0 Å². The van der Waals surface area contributed by atoms with Crippen molar-refractivity contribution in [2.24, 2.45) is 0 Å². The molecule has 3 heteroatoms. The average molecular weight is 240 g/mol. The molecular formula is C13H15ClFN. The van der Waals surface area contributed by atoms with Crippen LogP contribution in [0.1, 0.15) is 24.8 Å². The first kappa shape index (κ1) is 13.0. The molecule has 0 aromatic heterocycles. The van der Waals surface area contributed by atoms with Crippen molar-refractivity contribution >= 4 is 11.6 Å². The van der Waals surface area contributed by atoms with E-state index in [1.807, 2.05) is 0 Å². The Bertz CT molecular complexity index is 371. The van der Waals surface area contributed by atoms with E-state index in [0.717, 1.165) is 31.4 Å². The Morgan fingerprint density at radius 2 is 2.19 bits per heavy atom. The highest BCUT2D eigenvalue weighted by Gasteiger charge is 2.00. The van der Waals surface area contributed by atoms with Crippen molar-refractivity contribution in [3.05, 3.63) is 34.6 Å². The second kappa shape index (κ2) is 7.27. The molecule has 0 fully saturated rings. The first-order valence-electron chi connectivity index (χ1n) is 5.32. The van der Waals surface area contributed by atoms with Crippen LogP contribution in [0.4, 0.5) is 4.39 Å². The van der Waals surface area contributed by atoms with Crippen molar-refractivity contribution in [3.8, 4) is 12.3 Å². The summed E-state index contributed by atoms with van der Waals surface area (Å²) >= 11 is 5.89. The predicted molar refractivity (Wildman–Crippen MR) is 65.8 cm³/mol. The van der Waals surface area contributed by atoms with Crippen molar-refractivity contribution in [2.45, 2.75) is 25.8 Å². The SMILES string of the molecule is C#CCCCCNCc1ccc(F)cc1Cl. The van der Waals surface area contributed by atoms with Crippen LogP contribution in [0, 0.1) is 18.2 Å². The minimum Gasteiger partial charge on any atom is -0.313 e. The molecule has 1 N–H and O–H groups in total. The molecule has 0 saturated heterocycles. The van der Waals surface area contributed by atoms with Gasteiger partial charge < -0.3 is 5.32 Å². The molecule has 1 nitrogen and oxygen atoms in total. The van der Waals surface area contributed by atoms with Gasteiger partial charge in [-0.05, 0) is 37.1 Å². The summed E-state index contributed by atoms with van der Waals surface area (Å²) in [5.74, 6) is 2.30. The van der Waals surface area contributed by atoms with Gasteiger partial charge in [0.1, 0.15) is 5.82 Å². The zero-order valence-electron chi connectivity index (χ0n) is 9.10. The molecule has 0 heterocycles. The highest BCUT2D eigenvalue weighted by molar-refractivity contribution is 6.31. The molecule has 0 aliphatic rings. The molecule has 16 heavy (non-hydrogen) atoms. The summed E-state index contributed by atoms with van der Waals surface area (Å²) in [6, 6.07) is 4.45.